The van der Waals surface area contributed by atoms with Crippen LogP contribution in [0.2, 0.25) is 0 Å². The van der Waals surface area contributed by atoms with Crippen molar-refractivity contribution in [1.82, 2.24) is 9.78 Å². The van der Waals surface area contributed by atoms with Gasteiger partial charge in [-0.3, -0.25) is 4.68 Å². The average Bonchev–Trinajstić information content (AvgIpc) is 2.70. The lowest BCUT2D eigenvalue weighted by Crippen LogP contribution is -2.08. The first-order chi connectivity index (χ1) is 8.80. The number of carboxylic acid groups (broad SMARTS) is 1. The summed E-state index contributed by atoms with van der Waals surface area (Å²) in [5.41, 5.74) is -1.53. The molecule has 1 heterocycles. The molecule has 0 aliphatic carbocycles. The third-order valence-corrected chi connectivity index (χ3v) is 2.55. The summed E-state index contributed by atoms with van der Waals surface area (Å²) < 4.78 is 39.9. The van der Waals surface area contributed by atoms with E-state index in [0.29, 0.717) is 0 Å². The molecule has 0 amide bonds. The molecule has 4 nitrogen and oxygen atoms in total. The van der Waals surface area contributed by atoms with Crippen LogP contribution in [0.25, 0.3) is 11.1 Å². The molecule has 0 fully saturated rings. The van der Waals surface area contributed by atoms with Gasteiger partial charge >= 0.3 is 12.1 Å². The number of alkyl halides is 3. The Balaban J connectivity index is 2.70. The summed E-state index contributed by atoms with van der Waals surface area (Å²) in [7, 11) is 1.45. The number of nitrogens with zero attached hydrogens (tertiary/aromatic N) is 2. The minimum Gasteiger partial charge on any atom is -0.476 e. The van der Waals surface area contributed by atoms with Crippen LogP contribution < -0.4 is 0 Å². The van der Waals surface area contributed by atoms with E-state index in [4.69, 9.17) is 5.11 Å². The van der Waals surface area contributed by atoms with Gasteiger partial charge in [0.2, 0.25) is 0 Å². The molecule has 0 aliphatic heterocycles. The van der Waals surface area contributed by atoms with Crippen molar-refractivity contribution in [2.24, 2.45) is 7.05 Å². The van der Waals surface area contributed by atoms with Crippen LogP contribution in [0.3, 0.4) is 0 Å². The summed E-state index contributed by atoms with van der Waals surface area (Å²) in [5, 5.41) is 12.6. The second-order valence-corrected chi connectivity index (χ2v) is 3.91. The van der Waals surface area contributed by atoms with E-state index >= 15 is 0 Å². The molecule has 0 saturated carbocycles. The minimum absolute atomic E-state index is 0.0528. The molecule has 2 rings (SSSR count). The molecule has 0 saturated heterocycles. The second-order valence-electron chi connectivity index (χ2n) is 3.91. The van der Waals surface area contributed by atoms with Gasteiger partial charge in [0, 0.05) is 18.8 Å². The Hall–Kier alpha value is -2.31. The quantitative estimate of drug-likeness (QED) is 0.912. The fraction of sp³-hybridized carbons (Fsp3) is 0.167. The van der Waals surface area contributed by atoms with Crippen LogP contribution in [0.5, 0.6) is 0 Å². The standard InChI is InChI=1S/C12H9F3N2O2/c1-17-6-8(10(16-17)11(18)19)7-4-2-3-5-9(7)12(13,14)15/h2-6H,1H3,(H,18,19). The molecule has 2 aromatic rings. The highest BCUT2D eigenvalue weighted by Gasteiger charge is 2.34. The molecular weight excluding hydrogens is 261 g/mol. The Morgan fingerprint density at radius 2 is 1.89 bits per heavy atom. The predicted octanol–water partition coefficient (Wildman–Crippen LogP) is 2.80. The number of aryl methyl sites for hydroxylation is 1. The highest BCUT2D eigenvalue weighted by atomic mass is 19.4. The molecule has 0 unspecified atom stereocenters. The van der Waals surface area contributed by atoms with E-state index < -0.39 is 23.4 Å². The SMILES string of the molecule is Cn1cc(-c2ccccc2C(F)(F)F)c(C(=O)O)n1. The van der Waals surface area contributed by atoms with E-state index in [9.17, 15) is 18.0 Å². The number of aromatic carboxylic acids is 1. The van der Waals surface area contributed by atoms with Gasteiger partial charge in [0.15, 0.2) is 5.69 Å². The zero-order chi connectivity index (χ0) is 14.2. The van der Waals surface area contributed by atoms with Crippen molar-refractivity contribution in [3.8, 4) is 11.1 Å². The first-order valence-electron chi connectivity index (χ1n) is 5.24. The number of hydrogen-bond acceptors (Lipinski definition) is 2. The molecule has 0 radical (unpaired) electrons. The van der Waals surface area contributed by atoms with Crippen LogP contribution in [-0.4, -0.2) is 20.9 Å². The highest BCUT2D eigenvalue weighted by Crippen LogP contribution is 2.37. The molecule has 1 aromatic heterocycles. The Bertz CT molecular complexity index is 632. The van der Waals surface area contributed by atoms with E-state index in [-0.39, 0.29) is 11.1 Å². The molecule has 0 bridgehead atoms. The Morgan fingerprint density at radius 3 is 2.47 bits per heavy atom. The van der Waals surface area contributed by atoms with Crippen LogP contribution in [0.15, 0.2) is 30.5 Å². The molecular formula is C12H9F3N2O2. The fourth-order valence-corrected chi connectivity index (χ4v) is 1.81. The maximum absolute atomic E-state index is 12.9. The van der Waals surface area contributed by atoms with Gasteiger partial charge in [-0.1, -0.05) is 18.2 Å². The van der Waals surface area contributed by atoms with Gasteiger partial charge in [-0.2, -0.15) is 18.3 Å². The van der Waals surface area contributed by atoms with Crippen molar-refractivity contribution in [3.05, 3.63) is 41.7 Å². The summed E-state index contributed by atoms with van der Waals surface area (Å²) in [6.07, 6.45) is -3.30. The second kappa shape index (κ2) is 4.42. The van der Waals surface area contributed by atoms with E-state index in [0.717, 1.165) is 6.07 Å². The first kappa shape index (κ1) is 13.1. The molecule has 0 spiro atoms. The lowest BCUT2D eigenvalue weighted by Gasteiger charge is -2.11. The van der Waals surface area contributed by atoms with Crippen LogP contribution in [0.1, 0.15) is 16.1 Å². The van der Waals surface area contributed by atoms with Gasteiger partial charge in [-0.15, -0.1) is 0 Å². The summed E-state index contributed by atoms with van der Waals surface area (Å²) in [4.78, 5) is 11.0. The maximum atomic E-state index is 12.9. The number of halogens is 3. The lowest BCUT2D eigenvalue weighted by molar-refractivity contribution is -0.137. The minimum atomic E-state index is -4.55. The maximum Gasteiger partial charge on any atom is 0.417 e. The normalized spacial score (nSPS) is 11.6. The predicted molar refractivity (Wildman–Crippen MR) is 60.6 cm³/mol. The van der Waals surface area contributed by atoms with Crippen molar-refractivity contribution in [2.45, 2.75) is 6.18 Å². The van der Waals surface area contributed by atoms with Crippen LogP contribution in [-0.2, 0) is 13.2 Å². The third kappa shape index (κ3) is 2.44. The first-order valence-corrected chi connectivity index (χ1v) is 5.24. The molecule has 0 aliphatic rings. The largest absolute Gasteiger partial charge is 0.476 e. The molecule has 100 valence electrons. The number of carboxylic acids is 1. The Kier molecular flexibility index (Phi) is 3.05. The van der Waals surface area contributed by atoms with Crippen molar-refractivity contribution in [1.29, 1.82) is 0 Å². The van der Waals surface area contributed by atoms with Crippen molar-refractivity contribution in [3.63, 3.8) is 0 Å². The number of rotatable bonds is 2. The summed E-state index contributed by atoms with van der Waals surface area (Å²) in [5.74, 6) is -1.37. The zero-order valence-corrected chi connectivity index (χ0v) is 9.77. The van der Waals surface area contributed by atoms with Crippen LogP contribution >= 0.6 is 0 Å². The van der Waals surface area contributed by atoms with Gasteiger partial charge in [-0.25, -0.2) is 4.79 Å². The third-order valence-electron chi connectivity index (χ3n) is 2.55. The van der Waals surface area contributed by atoms with E-state index in [1.807, 2.05) is 0 Å². The topological polar surface area (TPSA) is 55.1 Å². The number of aromatic nitrogens is 2. The van der Waals surface area contributed by atoms with Crippen molar-refractivity contribution in [2.75, 3.05) is 0 Å². The molecule has 7 heteroatoms. The zero-order valence-electron chi connectivity index (χ0n) is 9.77. The fourth-order valence-electron chi connectivity index (χ4n) is 1.81. The van der Waals surface area contributed by atoms with E-state index in [1.54, 1.807) is 0 Å². The monoisotopic (exact) mass is 270 g/mol. The smallest absolute Gasteiger partial charge is 0.417 e. The van der Waals surface area contributed by atoms with Gasteiger partial charge in [0.1, 0.15) is 0 Å². The molecule has 1 N–H and O–H groups in total. The summed E-state index contributed by atoms with van der Waals surface area (Å²) >= 11 is 0. The van der Waals surface area contributed by atoms with Crippen LogP contribution in [0.4, 0.5) is 13.2 Å². The van der Waals surface area contributed by atoms with E-state index in [1.165, 1.54) is 36.1 Å². The molecule has 1 aromatic carbocycles. The average molecular weight is 270 g/mol. The summed E-state index contributed by atoms with van der Waals surface area (Å²) in [6, 6.07) is 4.81. The van der Waals surface area contributed by atoms with Crippen LogP contribution in [0, 0.1) is 0 Å². The number of benzene rings is 1. The van der Waals surface area contributed by atoms with Gasteiger partial charge in [0.05, 0.1) is 5.56 Å². The van der Waals surface area contributed by atoms with E-state index in [2.05, 4.69) is 5.10 Å². The van der Waals surface area contributed by atoms with Crippen molar-refractivity contribution < 1.29 is 23.1 Å². The Labute approximate surface area is 106 Å². The summed E-state index contributed by atoms with van der Waals surface area (Å²) in [6.45, 7) is 0. The van der Waals surface area contributed by atoms with Gasteiger partial charge < -0.3 is 5.11 Å². The number of carbonyl (C=O) groups is 1. The lowest BCUT2D eigenvalue weighted by atomic mass is 10.00. The molecule has 19 heavy (non-hydrogen) atoms. The van der Waals surface area contributed by atoms with Gasteiger partial charge in [0.25, 0.3) is 0 Å². The highest BCUT2D eigenvalue weighted by molar-refractivity contribution is 5.94. The van der Waals surface area contributed by atoms with Gasteiger partial charge in [-0.05, 0) is 11.6 Å². The number of hydrogen-bond donors (Lipinski definition) is 1. The van der Waals surface area contributed by atoms with Crippen molar-refractivity contribution >= 4 is 5.97 Å². The molecule has 0 atom stereocenters. The Morgan fingerprint density at radius 1 is 1.26 bits per heavy atom.